The minimum Gasteiger partial charge on any atom is -0.309 e. The molecule has 3 aliphatic rings. The standard InChI is InChI=1S/C62H38N2/c1-2-18-39(19-3-1)63-57-32-16-7-23-44(57)46-35-34-40(36-59(46)63)64-58-33-17-8-24-45(58)48-37-47-43-22-6-11-27-51(43)62(56(47)38-60(48)64)54-30-14-12-28-52(54)61(53-29-13-15-31-55(53)62)49-25-9-4-20-41(49)42-21-5-10-26-50(42)61/h1-38H. The third-order valence-corrected chi connectivity index (χ3v) is 15.2. The highest BCUT2D eigenvalue weighted by molar-refractivity contribution is 6.14. The van der Waals surface area contributed by atoms with Gasteiger partial charge in [-0.15, -0.1) is 0 Å². The SMILES string of the molecule is c1ccc(-n2c3ccccc3c3ccc(-n4c5ccccc5c5cc6c(cc54)C4(c5ccccc5-6)c5ccccc5C5(c6ccccc6-c6ccccc65)c5ccccc54)cc32)cc1. The third kappa shape index (κ3) is 3.99. The lowest BCUT2D eigenvalue weighted by Gasteiger charge is -2.48. The number of aromatic nitrogens is 2. The summed E-state index contributed by atoms with van der Waals surface area (Å²) in [6, 6.07) is 87.1. The van der Waals surface area contributed by atoms with Gasteiger partial charge in [-0.3, -0.25) is 0 Å². The summed E-state index contributed by atoms with van der Waals surface area (Å²) >= 11 is 0. The van der Waals surface area contributed by atoms with E-state index in [4.69, 9.17) is 0 Å². The fourth-order valence-electron chi connectivity index (χ4n) is 12.9. The van der Waals surface area contributed by atoms with Crippen molar-refractivity contribution in [2.45, 2.75) is 10.8 Å². The number of benzene rings is 10. The van der Waals surface area contributed by atoms with E-state index in [0.29, 0.717) is 0 Å². The lowest BCUT2D eigenvalue weighted by molar-refractivity contribution is 0.633. The van der Waals surface area contributed by atoms with E-state index < -0.39 is 10.8 Å². The number of fused-ring (bicyclic) bond motifs is 22. The smallest absolute Gasteiger partial charge is 0.0720 e. The first-order valence-corrected chi connectivity index (χ1v) is 22.4. The highest BCUT2D eigenvalue weighted by Crippen LogP contribution is 2.67. The van der Waals surface area contributed by atoms with E-state index in [1.54, 1.807) is 0 Å². The molecular weight excluding hydrogens is 773 g/mol. The van der Waals surface area contributed by atoms with Gasteiger partial charge in [0, 0.05) is 32.9 Å². The number of nitrogens with zero attached hydrogens (tertiary/aromatic N) is 2. The molecule has 2 spiro atoms. The fraction of sp³-hybridized carbons (Fsp3) is 0.0323. The van der Waals surface area contributed by atoms with Crippen LogP contribution >= 0.6 is 0 Å². The van der Waals surface area contributed by atoms with Crippen molar-refractivity contribution in [3.63, 3.8) is 0 Å². The van der Waals surface area contributed by atoms with Crippen LogP contribution in [0.4, 0.5) is 0 Å². The molecule has 0 atom stereocenters. The minimum absolute atomic E-state index is 0.477. The van der Waals surface area contributed by atoms with E-state index >= 15 is 0 Å². The summed E-state index contributed by atoms with van der Waals surface area (Å²) in [7, 11) is 0. The quantitative estimate of drug-likeness (QED) is 0.165. The van der Waals surface area contributed by atoms with Crippen molar-refractivity contribution in [3.05, 3.63) is 275 Å². The van der Waals surface area contributed by atoms with Gasteiger partial charge in [-0.2, -0.15) is 0 Å². The molecule has 0 saturated heterocycles. The highest BCUT2D eigenvalue weighted by Gasteiger charge is 2.59. The lowest BCUT2D eigenvalue weighted by Crippen LogP contribution is -2.43. The third-order valence-electron chi connectivity index (χ3n) is 15.2. The number of hydrogen-bond acceptors (Lipinski definition) is 0. The molecule has 2 nitrogen and oxygen atoms in total. The summed E-state index contributed by atoms with van der Waals surface area (Å²) in [6.45, 7) is 0. The maximum absolute atomic E-state index is 2.57. The van der Waals surface area contributed by atoms with Crippen LogP contribution in [0, 0.1) is 0 Å². The average Bonchev–Trinajstić information content (AvgIpc) is 4.06. The molecule has 0 aliphatic heterocycles. The second-order valence-electron chi connectivity index (χ2n) is 17.9. The van der Waals surface area contributed by atoms with Crippen LogP contribution in [0.3, 0.4) is 0 Å². The Balaban J connectivity index is 1.07. The second-order valence-corrected chi connectivity index (χ2v) is 17.9. The van der Waals surface area contributed by atoms with Crippen LogP contribution in [0.5, 0.6) is 0 Å². The van der Waals surface area contributed by atoms with Gasteiger partial charge in [0.05, 0.1) is 32.9 Å². The lowest BCUT2D eigenvalue weighted by atomic mass is 9.52. The van der Waals surface area contributed by atoms with Gasteiger partial charge in [-0.05, 0) is 115 Å². The maximum atomic E-state index is 2.57. The first kappa shape index (κ1) is 34.4. The average molecular weight is 811 g/mol. The molecule has 0 fully saturated rings. The molecular formula is C62H38N2. The summed E-state index contributed by atoms with van der Waals surface area (Å²) in [6.07, 6.45) is 0. The zero-order chi connectivity index (χ0) is 41.7. The van der Waals surface area contributed by atoms with Crippen molar-refractivity contribution in [1.29, 1.82) is 0 Å². The van der Waals surface area contributed by atoms with Crippen LogP contribution < -0.4 is 0 Å². The molecule has 2 heterocycles. The Labute approximate surface area is 370 Å². The molecule has 0 bridgehead atoms. The Hall–Kier alpha value is -8.20. The molecule has 0 unspecified atom stereocenters. The van der Waals surface area contributed by atoms with Crippen molar-refractivity contribution in [1.82, 2.24) is 9.13 Å². The molecule has 15 rings (SSSR count). The van der Waals surface area contributed by atoms with Crippen molar-refractivity contribution in [2.75, 3.05) is 0 Å². The molecule has 64 heavy (non-hydrogen) atoms. The van der Waals surface area contributed by atoms with Crippen molar-refractivity contribution in [2.24, 2.45) is 0 Å². The monoisotopic (exact) mass is 810 g/mol. The van der Waals surface area contributed by atoms with Gasteiger partial charge in [-0.25, -0.2) is 0 Å². The van der Waals surface area contributed by atoms with E-state index in [0.717, 1.165) is 11.4 Å². The predicted molar refractivity (Wildman–Crippen MR) is 263 cm³/mol. The molecule has 0 amide bonds. The maximum Gasteiger partial charge on any atom is 0.0720 e. The van der Waals surface area contributed by atoms with Crippen LogP contribution in [0.25, 0.3) is 77.2 Å². The summed E-state index contributed by atoms with van der Waals surface area (Å²) < 4.78 is 4.95. The van der Waals surface area contributed by atoms with Crippen LogP contribution in [-0.2, 0) is 10.8 Å². The van der Waals surface area contributed by atoms with Crippen molar-refractivity contribution >= 4 is 43.6 Å². The Morgan fingerprint density at radius 1 is 0.219 bits per heavy atom. The molecule has 12 aromatic rings. The zero-order valence-corrected chi connectivity index (χ0v) is 34.8. The molecule has 0 N–H and O–H groups in total. The molecule has 0 radical (unpaired) electrons. The molecule has 3 aliphatic carbocycles. The fourth-order valence-corrected chi connectivity index (χ4v) is 12.9. The van der Waals surface area contributed by atoms with Crippen molar-refractivity contribution in [3.8, 4) is 33.6 Å². The Kier molecular flexibility index (Phi) is 6.58. The summed E-state index contributed by atoms with van der Waals surface area (Å²) in [4.78, 5) is 0. The molecule has 2 aromatic heterocycles. The normalized spacial score (nSPS) is 14.5. The Morgan fingerprint density at radius 3 is 1.17 bits per heavy atom. The van der Waals surface area contributed by atoms with E-state index in [9.17, 15) is 0 Å². The Morgan fingerprint density at radius 2 is 0.609 bits per heavy atom. The number of hydrogen-bond donors (Lipinski definition) is 0. The molecule has 0 saturated carbocycles. The van der Waals surface area contributed by atoms with Gasteiger partial charge < -0.3 is 9.13 Å². The van der Waals surface area contributed by atoms with Gasteiger partial charge in [0.2, 0.25) is 0 Å². The predicted octanol–water partition coefficient (Wildman–Crippen LogP) is 14.9. The second kappa shape index (κ2) is 12.2. The summed E-state index contributed by atoms with van der Waals surface area (Å²) in [5, 5.41) is 5.02. The minimum atomic E-state index is -0.573. The molecule has 296 valence electrons. The first-order valence-electron chi connectivity index (χ1n) is 22.4. The number of para-hydroxylation sites is 3. The van der Waals surface area contributed by atoms with Gasteiger partial charge >= 0.3 is 0 Å². The summed E-state index contributed by atoms with van der Waals surface area (Å²) in [5.41, 5.74) is 22.1. The number of rotatable bonds is 2. The van der Waals surface area contributed by atoms with Crippen LogP contribution in [0.1, 0.15) is 44.5 Å². The zero-order valence-electron chi connectivity index (χ0n) is 34.8. The highest BCUT2D eigenvalue weighted by atomic mass is 15.0. The van der Waals surface area contributed by atoms with Gasteiger partial charge in [-0.1, -0.05) is 182 Å². The van der Waals surface area contributed by atoms with E-state index in [1.807, 2.05) is 0 Å². The van der Waals surface area contributed by atoms with Crippen LogP contribution in [0.2, 0.25) is 0 Å². The Bertz CT molecular complexity index is 3880. The van der Waals surface area contributed by atoms with Crippen LogP contribution in [0.15, 0.2) is 231 Å². The van der Waals surface area contributed by atoms with Crippen LogP contribution in [-0.4, -0.2) is 9.13 Å². The van der Waals surface area contributed by atoms with E-state index in [2.05, 4.69) is 240 Å². The largest absolute Gasteiger partial charge is 0.309 e. The first-order chi connectivity index (χ1) is 31.8. The van der Waals surface area contributed by atoms with Gasteiger partial charge in [0.15, 0.2) is 0 Å². The van der Waals surface area contributed by atoms with Crippen molar-refractivity contribution < 1.29 is 0 Å². The van der Waals surface area contributed by atoms with E-state index in [-0.39, 0.29) is 0 Å². The van der Waals surface area contributed by atoms with Gasteiger partial charge in [0.1, 0.15) is 0 Å². The van der Waals surface area contributed by atoms with E-state index in [1.165, 1.54) is 110 Å². The van der Waals surface area contributed by atoms with Gasteiger partial charge in [0.25, 0.3) is 0 Å². The topological polar surface area (TPSA) is 9.86 Å². The summed E-state index contributed by atoms with van der Waals surface area (Å²) in [5.74, 6) is 0. The molecule has 10 aromatic carbocycles. The molecule has 2 heteroatoms.